The Hall–Kier alpha value is 0.404. The zero-order chi connectivity index (χ0) is 21.6. The Morgan fingerprint density at radius 1 is 0.643 bits per heavy atom. The Kier molecular flexibility index (Phi) is 20.2. The molecule has 0 fully saturated rings. The van der Waals surface area contributed by atoms with Crippen molar-refractivity contribution in [2.45, 2.75) is 46.7 Å². The number of rotatable bonds is 14. The molecule has 11 heteroatoms. The molecule has 0 aromatic heterocycles. The van der Waals surface area contributed by atoms with Crippen molar-refractivity contribution in [2.24, 2.45) is 0 Å². The average molecular weight is 466 g/mol. The van der Waals surface area contributed by atoms with Crippen LogP contribution in [0, 0.1) is 0 Å². The zero-order valence-electron chi connectivity index (χ0n) is 19.8. The highest BCUT2D eigenvalue weighted by molar-refractivity contribution is 6.62. The third-order valence-corrected chi connectivity index (χ3v) is 10.1. The van der Waals surface area contributed by atoms with Crippen molar-refractivity contribution >= 4 is 17.9 Å². The smallest absolute Gasteiger partial charge is 0.679 e. The molecule has 0 heterocycles. The first-order chi connectivity index (χ1) is 12.6. The van der Waals surface area contributed by atoms with Gasteiger partial charge in [-0.3, -0.25) is 0 Å². The Morgan fingerprint density at radius 2 is 0.929 bits per heavy atom. The average Bonchev–Trinajstić information content (AvgIpc) is 2.60. The van der Waals surface area contributed by atoms with E-state index in [0.29, 0.717) is 26.4 Å². The van der Waals surface area contributed by atoms with E-state index in [1.165, 1.54) is 0 Å². The van der Waals surface area contributed by atoms with Gasteiger partial charge in [-0.05, 0) is 27.7 Å². The second kappa shape index (κ2) is 17.1. The van der Waals surface area contributed by atoms with Gasteiger partial charge >= 0.3 is 17.9 Å². The third kappa shape index (κ3) is 11.0. The van der Waals surface area contributed by atoms with E-state index in [4.69, 9.17) is 31.0 Å². The summed E-state index contributed by atoms with van der Waals surface area (Å²) < 4.78 is 39.0. The van der Waals surface area contributed by atoms with E-state index in [0.717, 1.165) is 10.9 Å². The van der Waals surface area contributed by atoms with E-state index in [1.54, 1.807) is 21.3 Å². The normalized spacial score (nSPS) is 13.4. The number of hydrogen-bond acceptors (Lipinski definition) is 7. The van der Waals surface area contributed by atoms with Gasteiger partial charge in [-0.15, -0.1) is 0 Å². The quantitative estimate of drug-likeness (QED) is 0.252. The lowest BCUT2D eigenvalue weighted by Gasteiger charge is -2.40. The van der Waals surface area contributed by atoms with Gasteiger partial charge in [-0.25, -0.2) is 0 Å². The third-order valence-electron chi connectivity index (χ3n) is 3.87. The summed E-state index contributed by atoms with van der Waals surface area (Å²) in [4.78, 5) is 0. The number of hydrogen-bond donors (Lipinski definition) is 0. The molecule has 1 unspecified atom stereocenters. The zero-order valence-corrected chi connectivity index (χ0v) is 22.6. The maximum atomic E-state index is 5.49. The second-order valence-corrected chi connectivity index (χ2v) is 11.7. The fourth-order valence-corrected chi connectivity index (χ4v) is 7.57. The van der Waals surface area contributed by atoms with Gasteiger partial charge in [0.1, 0.15) is 0 Å². The van der Waals surface area contributed by atoms with Crippen LogP contribution < -0.4 is 12.4 Å². The largest absolute Gasteiger partial charge is 1.00 e. The van der Waals surface area contributed by atoms with Crippen molar-refractivity contribution in [2.75, 3.05) is 68.9 Å². The van der Waals surface area contributed by atoms with E-state index in [-0.39, 0.29) is 18.1 Å². The number of halogens is 1. The molecule has 0 aliphatic heterocycles. The maximum absolute atomic E-state index is 5.49. The topological polar surface area (TPSA) is 64.6 Å². The Morgan fingerprint density at radius 3 is 1.04 bits per heavy atom. The van der Waals surface area contributed by atoms with E-state index in [2.05, 4.69) is 28.1 Å². The van der Waals surface area contributed by atoms with Gasteiger partial charge in [-0.1, -0.05) is 6.92 Å². The summed E-state index contributed by atoms with van der Waals surface area (Å²) in [5, 5.41) is 0. The summed E-state index contributed by atoms with van der Waals surface area (Å²) in [7, 11) is 6.08. The van der Waals surface area contributed by atoms with Crippen LogP contribution in [0.4, 0.5) is 0 Å². The van der Waals surface area contributed by atoms with Crippen LogP contribution in [0.3, 0.4) is 0 Å². The van der Waals surface area contributed by atoms with Crippen molar-refractivity contribution in [3.63, 3.8) is 0 Å². The molecule has 0 bridgehead atoms. The number of nitrogens with zero attached hydrogens (tertiary/aromatic N) is 1. The van der Waals surface area contributed by atoms with Crippen molar-refractivity contribution in [1.29, 1.82) is 0 Å². The van der Waals surface area contributed by atoms with E-state index in [9.17, 15) is 0 Å². The van der Waals surface area contributed by atoms with Gasteiger partial charge in [0.05, 0.1) is 21.1 Å². The molecule has 0 saturated heterocycles. The minimum atomic E-state index is -2.80. The van der Waals surface area contributed by atoms with Gasteiger partial charge in [0.2, 0.25) is 0 Å². The lowest BCUT2D eigenvalue weighted by molar-refractivity contribution is -0.887. The molecule has 0 spiro atoms. The first-order valence-corrected chi connectivity index (χ1v) is 13.1. The van der Waals surface area contributed by atoms with E-state index >= 15 is 0 Å². The van der Waals surface area contributed by atoms with E-state index < -0.39 is 17.9 Å². The molecule has 0 aliphatic carbocycles. The van der Waals surface area contributed by atoms with Crippen LogP contribution in [-0.4, -0.2) is 96.9 Å². The predicted octanol–water partition coefficient (Wildman–Crippen LogP) is -0.539. The lowest BCUT2D eigenvalue weighted by atomic mass is 10.4. The van der Waals surface area contributed by atoms with Crippen LogP contribution in [0.15, 0.2) is 0 Å². The molecule has 174 valence electrons. The highest BCUT2D eigenvalue weighted by atomic mass is 35.5. The molecule has 0 aromatic rings. The predicted molar refractivity (Wildman–Crippen MR) is 111 cm³/mol. The molecule has 0 saturated carbocycles. The van der Waals surface area contributed by atoms with Crippen LogP contribution in [-0.2, 0) is 31.0 Å². The molecule has 1 atom stereocenters. The summed E-state index contributed by atoms with van der Waals surface area (Å²) in [6, 6.07) is 0. The summed E-state index contributed by atoms with van der Waals surface area (Å²) in [6.45, 7) is 11.9. The maximum Gasteiger partial charge on any atom is 0.679 e. The van der Waals surface area contributed by atoms with Crippen LogP contribution in [0.2, 0.25) is 0 Å². The van der Waals surface area contributed by atoms with Crippen LogP contribution in [0.5, 0.6) is 0 Å². The van der Waals surface area contributed by atoms with Gasteiger partial charge < -0.3 is 47.9 Å². The molecular weight excluding hydrogens is 422 g/mol. The SMILES string of the molecule is CCC([N+](C)(C)C)[Si](OC)(OC)OC.CCO[Si](OCC)(OCC)OCC.[Cl-]. The van der Waals surface area contributed by atoms with Crippen LogP contribution >= 0.6 is 0 Å². The van der Waals surface area contributed by atoms with Gasteiger partial charge in [0, 0.05) is 54.2 Å². The van der Waals surface area contributed by atoms with Crippen molar-refractivity contribution in [1.82, 2.24) is 0 Å². The molecule has 8 nitrogen and oxygen atoms in total. The molecule has 0 aliphatic rings. The van der Waals surface area contributed by atoms with Crippen LogP contribution in [0.25, 0.3) is 0 Å². The number of quaternary nitrogens is 1. The standard InChI is InChI=1S/C9H24NO3Si.C8H20O4Si.ClH/c1-8-9(10(2,3)4)14(11-5,12-6)13-7;1-5-9-13(10-6-2,11-7-3)12-8-4;/h9H,8H2,1-7H3;5-8H2,1-4H3;1H/q+1;;/p-1. The van der Waals surface area contributed by atoms with E-state index in [1.807, 2.05) is 27.7 Å². The lowest BCUT2D eigenvalue weighted by Crippen LogP contribution is -3.00. The fourth-order valence-electron chi connectivity index (χ4n) is 2.89. The monoisotopic (exact) mass is 465 g/mol. The van der Waals surface area contributed by atoms with Crippen molar-refractivity contribution in [3.05, 3.63) is 0 Å². The van der Waals surface area contributed by atoms with Crippen molar-refractivity contribution in [3.8, 4) is 0 Å². The minimum Gasteiger partial charge on any atom is -1.00 e. The van der Waals surface area contributed by atoms with Gasteiger partial charge in [0.25, 0.3) is 0 Å². The Bertz CT molecular complexity index is 321. The summed E-state index contributed by atoms with van der Waals surface area (Å²) in [5.74, 6) is 0. The first kappa shape index (κ1) is 33.1. The molecule has 0 radical (unpaired) electrons. The molecule has 0 amide bonds. The molecule has 0 rings (SSSR count). The minimum absolute atomic E-state index is 0. The summed E-state index contributed by atoms with van der Waals surface area (Å²) in [6.07, 6.45) is 0.977. The summed E-state index contributed by atoms with van der Waals surface area (Å²) in [5.41, 5.74) is 0.266. The Balaban J connectivity index is -0.000000432. The van der Waals surface area contributed by atoms with Crippen molar-refractivity contribution < 1.29 is 47.9 Å². The van der Waals surface area contributed by atoms with Gasteiger partial charge in [-0.2, -0.15) is 0 Å². The fraction of sp³-hybridized carbons (Fsp3) is 1.00. The molecule has 0 aromatic carbocycles. The molecule has 0 N–H and O–H groups in total. The van der Waals surface area contributed by atoms with Crippen LogP contribution in [0.1, 0.15) is 41.0 Å². The first-order valence-electron chi connectivity index (χ1n) is 9.64. The highest BCUT2D eigenvalue weighted by Crippen LogP contribution is 2.22. The summed E-state index contributed by atoms with van der Waals surface area (Å²) >= 11 is 0. The molecule has 28 heavy (non-hydrogen) atoms. The Labute approximate surface area is 181 Å². The molecular formula is C17H44ClNO7Si2. The second-order valence-electron chi connectivity index (χ2n) is 6.49. The highest BCUT2D eigenvalue weighted by Gasteiger charge is 2.54. The van der Waals surface area contributed by atoms with Gasteiger partial charge in [0.15, 0.2) is 5.67 Å².